The van der Waals surface area contributed by atoms with Crippen LogP contribution in [0.2, 0.25) is 5.02 Å². The minimum atomic E-state index is -0.941. The number of aromatic carboxylic acids is 1. The van der Waals surface area contributed by atoms with Crippen molar-refractivity contribution in [1.29, 1.82) is 0 Å². The Bertz CT molecular complexity index is 1150. The number of aryl methyl sites for hydroxylation is 1. The summed E-state index contributed by atoms with van der Waals surface area (Å²) in [5.74, 6) is -0.620. The smallest absolute Gasteiger partial charge is 0.335 e. The Kier molecular flexibility index (Phi) is 7.09. The minimum absolute atomic E-state index is 0.0643. The van der Waals surface area contributed by atoms with Crippen molar-refractivity contribution in [1.82, 2.24) is 0 Å². The van der Waals surface area contributed by atoms with Crippen molar-refractivity contribution >= 4 is 44.8 Å². The molecule has 0 bridgehead atoms. The maximum Gasteiger partial charge on any atom is 0.335 e. The number of allylic oxidation sites excluding steroid dienone is 1. The second-order valence-corrected chi connectivity index (χ2v) is 9.82. The summed E-state index contributed by atoms with van der Waals surface area (Å²) >= 11 is 8.10. The summed E-state index contributed by atoms with van der Waals surface area (Å²) in [5, 5.41) is 21.3. The van der Waals surface area contributed by atoms with Crippen LogP contribution < -0.4 is 0 Å². The molecule has 32 heavy (non-hydrogen) atoms. The summed E-state index contributed by atoms with van der Waals surface area (Å²) in [6.45, 7) is 0. The average molecular weight is 469 g/mol. The first-order chi connectivity index (χ1) is 15.4. The van der Waals surface area contributed by atoms with Crippen LogP contribution in [-0.2, 0) is 17.6 Å². The Balaban J connectivity index is 1.36. The monoisotopic (exact) mass is 468 g/mol. The van der Waals surface area contributed by atoms with Gasteiger partial charge in [0.05, 0.1) is 16.7 Å². The zero-order valence-corrected chi connectivity index (χ0v) is 19.1. The van der Waals surface area contributed by atoms with E-state index < -0.39 is 12.1 Å². The van der Waals surface area contributed by atoms with E-state index in [1.807, 2.05) is 42.5 Å². The zero-order valence-electron chi connectivity index (χ0n) is 17.5. The second kappa shape index (κ2) is 9.99. The van der Waals surface area contributed by atoms with Gasteiger partial charge in [-0.05, 0) is 48.9 Å². The van der Waals surface area contributed by atoms with Gasteiger partial charge in [-0.3, -0.25) is 4.79 Å². The molecule has 4 nitrogen and oxygen atoms in total. The number of hydrogen-bond acceptors (Lipinski definition) is 4. The number of fused-ring (bicyclic) bond motifs is 1. The number of benzene rings is 2. The molecule has 0 saturated heterocycles. The van der Waals surface area contributed by atoms with E-state index in [-0.39, 0.29) is 23.2 Å². The highest BCUT2D eigenvalue weighted by molar-refractivity contribution is 7.19. The van der Waals surface area contributed by atoms with Crippen LogP contribution in [0.15, 0.2) is 60.7 Å². The number of carbonyl (C=O) groups is 2. The maximum atomic E-state index is 12.4. The van der Waals surface area contributed by atoms with Crippen molar-refractivity contribution in [3.05, 3.63) is 81.7 Å². The molecule has 1 aromatic heterocycles. The number of Topliss-reactive ketones (excluding diaryl/α,β-unsaturated/α-hetero) is 1. The number of carboxylic acid groups (broad SMARTS) is 1. The van der Waals surface area contributed by atoms with Crippen molar-refractivity contribution in [3.63, 3.8) is 0 Å². The third kappa shape index (κ3) is 5.12. The van der Waals surface area contributed by atoms with Gasteiger partial charge in [-0.2, -0.15) is 0 Å². The number of aliphatic hydroxyl groups is 1. The maximum absolute atomic E-state index is 12.4. The van der Waals surface area contributed by atoms with Crippen LogP contribution in [0.25, 0.3) is 10.1 Å². The summed E-state index contributed by atoms with van der Waals surface area (Å²) in [5.41, 5.74) is 1.29. The summed E-state index contributed by atoms with van der Waals surface area (Å²) < 4.78 is 1.11. The van der Waals surface area contributed by atoms with Gasteiger partial charge in [-0.1, -0.05) is 54.1 Å². The zero-order chi connectivity index (χ0) is 22.7. The van der Waals surface area contributed by atoms with E-state index in [0.717, 1.165) is 39.8 Å². The Morgan fingerprint density at radius 1 is 1.19 bits per heavy atom. The molecule has 2 aromatic carbocycles. The molecule has 1 heterocycles. The number of carbonyl (C=O) groups excluding carboxylic acids is 1. The van der Waals surface area contributed by atoms with Crippen molar-refractivity contribution in [3.8, 4) is 0 Å². The summed E-state index contributed by atoms with van der Waals surface area (Å²) in [4.78, 5) is 24.4. The highest BCUT2D eigenvalue weighted by Crippen LogP contribution is 2.37. The van der Waals surface area contributed by atoms with Gasteiger partial charge in [0, 0.05) is 33.7 Å². The molecule has 1 aliphatic rings. The van der Waals surface area contributed by atoms with Gasteiger partial charge in [-0.15, -0.1) is 11.3 Å². The Hall–Kier alpha value is -2.47. The van der Waals surface area contributed by atoms with Crippen LogP contribution in [0, 0.1) is 11.8 Å². The molecule has 3 aromatic rings. The lowest BCUT2D eigenvalue weighted by atomic mass is 9.88. The van der Waals surface area contributed by atoms with E-state index in [4.69, 9.17) is 16.7 Å². The lowest BCUT2D eigenvalue weighted by Crippen LogP contribution is -2.15. The van der Waals surface area contributed by atoms with Gasteiger partial charge in [0.15, 0.2) is 0 Å². The molecule has 6 heteroatoms. The molecule has 2 N–H and O–H groups in total. The molecular weight excluding hydrogens is 444 g/mol. The standard InChI is InChI=1S/C26H25ClO4S/c27-25-21-3-1-2-4-23(21)32-24(25)15-19(28)12-10-17-11-14-22(29)20(17)13-7-16-5-8-18(9-6-16)26(30)31/h1-6,8-10,12,17,19-20,28H,7,11,13-15H2,(H,30,31). The topological polar surface area (TPSA) is 74.6 Å². The lowest BCUT2D eigenvalue weighted by molar-refractivity contribution is -0.121. The van der Waals surface area contributed by atoms with Gasteiger partial charge in [0.1, 0.15) is 5.78 Å². The van der Waals surface area contributed by atoms with E-state index in [9.17, 15) is 14.7 Å². The number of ketones is 1. The largest absolute Gasteiger partial charge is 0.478 e. The first-order valence-electron chi connectivity index (χ1n) is 10.8. The van der Waals surface area contributed by atoms with Crippen LogP contribution in [-0.4, -0.2) is 28.1 Å². The van der Waals surface area contributed by atoms with Crippen LogP contribution >= 0.6 is 22.9 Å². The fraction of sp³-hybridized carbons (Fsp3) is 0.308. The summed E-state index contributed by atoms with van der Waals surface area (Å²) in [6, 6.07) is 14.8. The van der Waals surface area contributed by atoms with Crippen molar-refractivity contribution in [2.24, 2.45) is 11.8 Å². The highest BCUT2D eigenvalue weighted by Gasteiger charge is 2.32. The highest BCUT2D eigenvalue weighted by atomic mass is 35.5. The number of rotatable bonds is 8. The third-order valence-corrected chi connectivity index (χ3v) is 7.91. The van der Waals surface area contributed by atoms with Crippen molar-refractivity contribution in [2.45, 2.75) is 38.2 Å². The first-order valence-corrected chi connectivity index (χ1v) is 12.0. The van der Waals surface area contributed by atoms with Gasteiger partial charge in [0.2, 0.25) is 0 Å². The predicted octanol–water partition coefficient (Wildman–Crippen LogP) is 5.94. The summed E-state index contributed by atoms with van der Waals surface area (Å²) in [7, 11) is 0. The quantitative estimate of drug-likeness (QED) is 0.401. The van der Waals surface area contributed by atoms with Crippen molar-refractivity contribution in [2.75, 3.05) is 0 Å². The molecular formula is C26H25ClO4S. The molecule has 1 aliphatic carbocycles. The molecule has 4 rings (SSSR count). The summed E-state index contributed by atoms with van der Waals surface area (Å²) in [6.07, 6.45) is 6.41. The van der Waals surface area contributed by atoms with E-state index >= 15 is 0 Å². The SMILES string of the molecule is O=C(O)c1ccc(CCC2C(=O)CCC2C=CC(O)Cc2sc3ccccc3c2Cl)cc1. The molecule has 3 unspecified atom stereocenters. The molecule has 0 radical (unpaired) electrons. The molecule has 0 amide bonds. The van der Waals surface area contributed by atoms with Gasteiger partial charge < -0.3 is 10.2 Å². The molecule has 1 saturated carbocycles. The van der Waals surface area contributed by atoms with Gasteiger partial charge in [-0.25, -0.2) is 4.79 Å². The molecule has 0 aliphatic heterocycles. The second-order valence-electron chi connectivity index (χ2n) is 8.31. The van der Waals surface area contributed by atoms with Crippen molar-refractivity contribution < 1.29 is 19.8 Å². The van der Waals surface area contributed by atoms with E-state index in [1.165, 1.54) is 0 Å². The number of carboxylic acids is 1. The fourth-order valence-corrected chi connectivity index (χ4v) is 5.96. The van der Waals surface area contributed by atoms with E-state index in [0.29, 0.717) is 17.9 Å². The van der Waals surface area contributed by atoms with Crippen LogP contribution in [0.3, 0.4) is 0 Å². The van der Waals surface area contributed by atoms with Gasteiger partial charge in [0.25, 0.3) is 0 Å². The van der Waals surface area contributed by atoms with E-state index in [2.05, 4.69) is 0 Å². The normalized spacial score (nSPS) is 19.8. The van der Waals surface area contributed by atoms with Crippen LogP contribution in [0.1, 0.15) is 40.1 Å². The Morgan fingerprint density at radius 3 is 2.66 bits per heavy atom. The first kappa shape index (κ1) is 22.7. The van der Waals surface area contributed by atoms with Crippen LogP contribution in [0.5, 0.6) is 0 Å². The molecule has 1 fully saturated rings. The molecule has 3 atom stereocenters. The minimum Gasteiger partial charge on any atom is -0.478 e. The number of aliphatic hydroxyl groups excluding tert-OH is 1. The molecule has 166 valence electrons. The predicted molar refractivity (Wildman–Crippen MR) is 129 cm³/mol. The average Bonchev–Trinajstić information content (AvgIpc) is 3.30. The fourth-order valence-electron chi connectivity index (χ4n) is 4.40. The van der Waals surface area contributed by atoms with Crippen LogP contribution in [0.4, 0.5) is 0 Å². The number of hydrogen-bond donors (Lipinski definition) is 2. The number of halogens is 1. The van der Waals surface area contributed by atoms with E-state index in [1.54, 1.807) is 29.5 Å². The third-order valence-electron chi connectivity index (χ3n) is 6.18. The Morgan fingerprint density at radius 2 is 1.94 bits per heavy atom. The number of thiophene rings is 1. The van der Waals surface area contributed by atoms with Gasteiger partial charge >= 0.3 is 5.97 Å². The lowest BCUT2D eigenvalue weighted by Gasteiger charge is -2.16. The molecule has 0 spiro atoms. The Labute approximate surface area is 196 Å².